The molecule has 0 atom stereocenters. The molecule has 0 aliphatic rings. The van der Waals surface area contributed by atoms with Crippen LogP contribution in [-0.2, 0) is 6.61 Å². The van der Waals surface area contributed by atoms with Crippen molar-refractivity contribution in [2.45, 2.75) is 26.4 Å². The lowest BCUT2D eigenvalue weighted by atomic mass is 10.2. The van der Waals surface area contributed by atoms with E-state index >= 15 is 0 Å². The van der Waals surface area contributed by atoms with Crippen molar-refractivity contribution in [3.05, 3.63) is 35.0 Å². The number of aliphatic hydroxyl groups is 1. The van der Waals surface area contributed by atoms with Gasteiger partial charge in [0.2, 0.25) is 0 Å². The molecule has 0 amide bonds. The molecule has 1 heterocycles. The number of rotatable bonds is 5. The standard InChI is InChI=1S/C14H16ClNO2/c1-2-3-8-18-14-10-6-4-5-7-11(10)16-12(9-17)13(14)15/h4-7,17H,2-3,8-9H2,1H3. The Balaban J connectivity index is 2.48. The van der Waals surface area contributed by atoms with E-state index in [4.69, 9.17) is 16.3 Å². The van der Waals surface area contributed by atoms with Crippen molar-refractivity contribution in [1.82, 2.24) is 4.98 Å². The van der Waals surface area contributed by atoms with E-state index in [1.54, 1.807) is 0 Å². The Morgan fingerprint density at radius 2 is 2.11 bits per heavy atom. The summed E-state index contributed by atoms with van der Waals surface area (Å²) >= 11 is 6.22. The molecule has 0 spiro atoms. The number of hydrogen-bond donors (Lipinski definition) is 1. The molecule has 4 heteroatoms. The highest BCUT2D eigenvalue weighted by molar-refractivity contribution is 6.33. The maximum Gasteiger partial charge on any atom is 0.149 e. The highest BCUT2D eigenvalue weighted by Crippen LogP contribution is 2.34. The number of benzene rings is 1. The highest BCUT2D eigenvalue weighted by atomic mass is 35.5. The lowest BCUT2D eigenvalue weighted by Gasteiger charge is -2.13. The fraction of sp³-hybridized carbons (Fsp3) is 0.357. The first-order valence-corrected chi connectivity index (χ1v) is 6.46. The SMILES string of the molecule is CCCCOc1c(Cl)c(CO)nc2ccccc12. The van der Waals surface area contributed by atoms with Crippen molar-refractivity contribution in [2.75, 3.05) is 6.61 Å². The monoisotopic (exact) mass is 265 g/mol. The van der Waals surface area contributed by atoms with E-state index in [9.17, 15) is 5.11 Å². The van der Waals surface area contributed by atoms with E-state index in [1.807, 2.05) is 24.3 Å². The lowest BCUT2D eigenvalue weighted by molar-refractivity contribution is 0.274. The molecular formula is C14H16ClNO2. The molecule has 0 saturated heterocycles. The fourth-order valence-corrected chi connectivity index (χ4v) is 2.03. The predicted molar refractivity (Wildman–Crippen MR) is 73.1 cm³/mol. The predicted octanol–water partition coefficient (Wildman–Crippen LogP) is 3.56. The zero-order chi connectivity index (χ0) is 13.0. The van der Waals surface area contributed by atoms with Crippen LogP contribution in [0.5, 0.6) is 5.75 Å². The van der Waals surface area contributed by atoms with Gasteiger partial charge >= 0.3 is 0 Å². The Labute approximate surface area is 111 Å². The van der Waals surface area contributed by atoms with Crippen LogP contribution in [0.1, 0.15) is 25.5 Å². The summed E-state index contributed by atoms with van der Waals surface area (Å²) in [4.78, 5) is 4.32. The molecule has 2 aromatic rings. The smallest absolute Gasteiger partial charge is 0.149 e. The van der Waals surface area contributed by atoms with Crippen molar-refractivity contribution in [1.29, 1.82) is 0 Å². The van der Waals surface area contributed by atoms with Gasteiger partial charge in [0.1, 0.15) is 10.8 Å². The summed E-state index contributed by atoms with van der Waals surface area (Å²) in [6.45, 7) is 2.54. The average molecular weight is 266 g/mol. The fourth-order valence-electron chi connectivity index (χ4n) is 1.77. The number of unbranched alkanes of at least 4 members (excludes halogenated alkanes) is 1. The second kappa shape index (κ2) is 6.03. The third-order valence-corrected chi connectivity index (χ3v) is 3.14. The Hall–Kier alpha value is -1.32. The first kappa shape index (κ1) is 13.1. The van der Waals surface area contributed by atoms with Gasteiger partial charge in [-0.2, -0.15) is 0 Å². The summed E-state index contributed by atoms with van der Waals surface area (Å²) in [5.74, 6) is 0.625. The van der Waals surface area contributed by atoms with Gasteiger partial charge in [0.05, 0.1) is 24.4 Å². The van der Waals surface area contributed by atoms with Gasteiger partial charge in [-0.3, -0.25) is 0 Å². The van der Waals surface area contributed by atoms with Crippen LogP contribution in [-0.4, -0.2) is 16.7 Å². The van der Waals surface area contributed by atoms with Gasteiger partial charge in [-0.05, 0) is 18.6 Å². The minimum absolute atomic E-state index is 0.187. The zero-order valence-electron chi connectivity index (χ0n) is 10.3. The Kier molecular flexibility index (Phi) is 4.39. The topological polar surface area (TPSA) is 42.4 Å². The van der Waals surface area contributed by atoms with E-state index in [-0.39, 0.29) is 6.61 Å². The largest absolute Gasteiger partial charge is 0.491 e. The van der Waals surface area contributed by atoms with Crippen molar-refractivity contribution in [3.8, 4) is 5.75 Å². The summed E-state index contributed by atoms with van der Waals surface area (Å²) in [6.07, 6.45) is 2.04. The number of halogens is 1. The molecule has 3 nitrogen and oxygen atoms in total. The lowest BCUT2D eigenvalue weighted by Crippen LogP contribution is -2.01. The Morgan fingerprint density at radius 3 is 2.83 bits per heavy atom. The van der Waals surface area contributed by atoms with E-state index in [0.717, 1.165) is 23.7 Å². The molecule has 0 bridgehead atoms. The number of aliphatic hydroxyl groups excluding tert-OH is 1. The van der Waals surface area contributed by atoms with Crippen LogP contribution in [0.4, 0.5) is 0 Å². The van der Waals surface area contributed by atoms with Crippen molar-refractivity contribution in [3.63, 3.8) is 0 Å². The third-order valence-electron chi connectivity index (χ3n) is 2.75. The quantitative estimate of drug-likeness (QED) is 0.841. The van der Waals surface area contributed by atoms with E-state index in [2.05, 4.69) is 11.9 Å². The molecule has 96 valence electrons. The summed E-state index contributed by atoms with van der Waals surface area (Å²) < 4.78 is 5.75. The van der Waals surface area contributed by atoms with E-state index < -0.39 is 0 Å². The number of ether oxygens (including phenoxy) is 1. The normalized spacial score (nSPS) is 10.8. The summed E-state index contributed by atoms with van der Waals surface area (Å²) in [5, 5.41) is 10.6. The number of pyridine rings is 1. The van der Waals surface area contributed by atoms with Crippen LogP contribution in [0, 0.1) is 0 Å². The van der Waals surface area contributed by atoms with Crippen LogP contribution in [0.25, 0.3) is 10.9 Å². The molecule has 1 N–H and O–H groups in total. The molecule has 1 aromatic carbocycles. The molecule has 0 fully saturated rings. The van der Waals surface area contributed by atoms with Gasteiger partial charge in [-0.25, -0.2) is 4.98 Å². The third kappa shape index (κ3) is 2.57. The van der Waals surface area contributed by atoms with Crippen LogP contribution in [0.3, 0.4) is 0 Å². The maximum absolute atomic E-state index is 9.27. The second-order valence-corrected chi connectivity index (χ2v) is 4.46. The molecule has 2 rings (SSSR count). The molecule has 0 unspecified atom stereocenters. The molecule has 0 saturated carbocycles. The van der Waals surface area contributed by atoms with Gasteiger partial charge in [-0.15, -0.1) is 0 Å². The Bertz CT molecular complexity index is 543. The summed E-state index contributed by atoms with van der Waals surface area (Å²) in [6, 6.07) is 7.64. The Morgan fingerprint density at radius 1 is 1.33 bits per heavy atom. The zero-order valence-corrected chi connectivity index (χ0v) is 11.1. The molecule has 1 aromatic heterocycles. The van der Waals surface area contributed by atoms with Gasteiger partial charge in [0, 0.05) is 5.39 Å². The minimum atomic E-state index is -0.187. The number of nitrogens with zero attached hydrogens (tertiary/aromatic N) is 1. The number of hydrogen-bond acceptors (Lipinski definition) is 3. The molecule has 0 radical (unpaired) electrons. The minimum Gasteiger partial charge on any atom is -0.491 e. The van der Waals surface area contributed by atoms with Crippen LogP contribution in [0.15, 0.2) is 24.3 Å². The van der Waals surface area contributed by atoms with Gasteiger partial charge in [0.15, 0.2) is 0 Å². The number of para-hydroxylation sites is 1. The average Bonchev–Trinajstić information content (AvgIpc) is 2.41. The van der Waals surface area contributed by atoms with Crippen LogP contribution in [0.2, 0.25) is 5.02 Å². The second-order valence-electron chi connectivity index (χ2n) is 4.08. The first-order valence-electron chi connectivity index (χ1n) is 6.08. The van der Waals surface area contributed by atoms with Crippen molar-refractivity contribution >= 4 is 22.5 Å². The molecule has 0 aliphatic carbocycles. The molecule has 0 aliphatic heterocycles. The van der Waals surface area contributed by atoms with Gasteiger partial charge in [-0.1, -0.05) is 37.1 Å². The molecular weight excluding hydrogens is 250 g/mol. The van der Waals surface area contributed by atoms with Gasteiger partial charge in [0.25, 0.3) is 0 Å². The van der Waals surface area contributed by atoms with E-state index in [0.29, 0.717) is 23.1 Å². The van der Waals surface area contributed by atoms with Gasteiger partial charge < -0.3 is 9.84 Å². The number of fused-ring (bicyclic) bond motifs is 1. The molecule has 18 heavy (non-hydrogen) atoms. The maximum atomic E-state index is 9.27. The summed E-state index contributed by atoms with van der Waals surface area (Å²) in [5.41, 5.74) is 1.25. The highest BCUT2D eigenvalue weighted by Gasteiger charge is 2.13. The van der Waals surface area contributed by atoms with Crippen LogP contribution >= 0.6 is 11.6 Å². The van der Waals surface area contributed by atoms with E-state index in [1.165, 1.54) is 0 Å². The first-order chi connectivity index (χ1) is 8.77. The van der Waals surface area contributed by atoms with Crippen molar-refractivity contribution < 1.29 is 9.84 Å². The number of aromatic nitrogens is 1. The summed E-state index contributed by atoms with van der Waals surface area (Å²) in [7, 11) is 0. The van der Waals surface area contributed by atoms with Crippen LogP contribution < -0.4 is 4.74 Å². The van der Waals surface area contributed by atoms with Crippen molar-refractivity contribution in [2.24, 2.45) is 0 Å².